The highest BCUT2D eigenvalue weighted by molar-refractivity contribution is 5.79. The normalized spacial score (nSPS) is 18.2. The minimum atomic E-state index is -0.291. The minimum Gasteiger partial charge on any atom is -0.487 e. The lowest BCUT2D eigenvalue weighted by molar-refractivity contribution is -0.121. The maximum Gasteiger partial charge on any atom is 0.224 e. The van der Waals surface area contributed by atoms with Gasteiger partial charge in [0.05, 0.1) is 12.5 Å². The fourth-order valence-corrected chi connectivity index (χ4v) is 3.45. The molecule has 0 saturated carbocycles. The smallest absolute Gasteiger partial charge is 0.224 e. The van der Waals surface area contributed by atoms with Crippen LogP contribution in [0.1, 0.15) is 54.1 Å². The lowest BCUT2D eigenvalue weighted by atomic mass is 9.88. The molecule has 0 bridgehead atoms. The number of fused-ring (bicyclic) bond motifs is 1. The van der Waals surface area contributed by atoms with E-state index in [0.29, 0.717) is 6.42 Å². The molecule has 0 unspecified atom stereocenters. The SMILES string of the molecule is Cc1ccc2c(c1)[C@@H](NC(=O)Cc1ccc(C)c(C)c1)CC(C)(C)O2. The van der Waals surface area contributed by atoms with Gasteiger partial charge in [0.15, 0.2) is 0 Å². The van der Waals surface area contributed by atoms with E-state index in [2.05, 4.69) is 58.1 Å². The van der Waals surface area contributed by atoms with E-state index in [-0.39, 0.29) is 17.6 Å². The molecule has 0 aromatic heterocycles. The maximum atomic E-state index is 12.6. The van der Waals surface area contributed by atoms with E-state index >= 15 is 0 Å². The molecule has 0 fully saturated rings. The Bertz CT molecular complexity index is 808. The molecule has 1 atom stereocenters. The number of aryl methyl sites for hydroxylation is 3. The lowest BCUT2D eigenvalue weighted by Crippen LogP contribution is -2.41. The third-order valence-corrected chi connectivity index (χ3v) is 4.89. The van der Waals surface area contributed by atoms with Gasteiger partial charge in [-0.3, -0.25) is 4.79 Å². The van der Waals surface area contributed by atoms with Gasteiger partial charge in [-0.25, -0.2) is 0 Å². The molecule has 1 heterocycles. The van der Waals surface area contributed by atoms with Crippen LogP contribution in [0.2, 0.25) is 0 Å². The third-order valence-electron chi connectivity index (χ3n) is 4.89. The third kappa shape index (κ3) is 4.04. The Kier molecular flexibility index (Phi) is 4.59. The summed E-state index contributed by atoms with van der Waals surface area (Å²) in [5.74, 6) is 0.928. The van der Waals surface area contributed by atoms with Crippen LogP contribution in [-0.4, -0.2) is 11.5 Å². The van der Waals surface area contributed by atoms with Crippen LogP contribution >= 0.6 is 0 Å². The van der Waals surface area contributed by atoms with Crippen molar-refractivity contribution in [3.8, 4) is 5.75 Å². The van der Waals surface area contributed by atoms with Gasteiger partial charge < -0.3 is 10.1 Å². The van der Waals surface area contributed by atoms with Crippen LogP contribution in [-0.2, 0) is 11.2 Å². The van der Waals surface area contributed by atoms with E-state index in [1.54, 1.807) is 0 Å². The predicted octanol–water partition coefficient (Wildman–Crippen LogP) is 4.57. The van der Waals surface area contributed by atoms with Gasteiger partial charge in [-0.1, -0.05) is 35.9 Å². The molecule has 0 spiro atoms. The van der Waals surface area contributed by atoms with E-state index in [1.165, 1.54) is 16.7 Å². The number of hydrogen-bond acceptors (Lipinski definition) is 2. The predicted molar refractivity (Wildman–Crippen MR) is 101 cm³/mol. The van der Waals surface area contributed by atoms with Crippen molar-refractivity contribution in [3.05, 3.63) is 64.2 Å². The van der Waals surface area contributed by atoms with Crippen molar-refractivity contribution in [2.75, 3.05) is 0 Å². The largest absolute Gasteiger partial charge is 0.487 e. The molecular weight excluding hydrogens is 310 g/mol. The summed E-state index contributed by atoms with van der Waals surface area (Å²) in [6.07, 6.45) is 1.17. The number of carbonyl (C=O) groups excluding carboxylic acids is 1. The monoisotopic (exact) mass is 337 g/mol. The molecule has 132 valence electrons. The van der Waals surface area contributed by atoms with Crippen LogP contribution in [0, 0.1) is 20.8 Å². The summed E-state index contributed by atoms with van der Waals surface area (Å²) >= 11 is 0. The summed E-state index contributed by atoms with van der Waals surface area (Å²) < 4.78 is 6.08. The molecule has 25 heavy (non-hydrogen) atoms. The molecule has 1 aliphatic heterocycles. The highest BCUT2D eigenvalue weighted by Gasteiger charge is 2.34. The standard InChI is InChI=1S/C22H27NO2/c1-14-6-9-20-18(10-14)19(13-22(4,5)25-20)23-21(24)12-17-8-7-15(2)16(3)11-17/h6-11,19H,12-13H2,1-5H3,(H,23,24)/t19-/m0/s1. The Morgan fingerprint density at radius 1 is 1.12 bits per heavy atom. The van der Waals surface area contributed by atoms with Crippen LogP contribution < -0.4 is 10.1 Å². The molecule has 1 N–H and O–H groups in total. The first kappa shape index (κ1) is 17.5. The Labute approximate surface area is 150 Å². The second kappa shape index (κ2) is 6.55. The molecule has 1 amide bonds. The zero-order valence-electron chi connectivity index (χ0n) is 15.8. The molecule has 2 aromatic rings. The van der Waals surface area contributed by atoms with Gasteiger partial charge in [-0.15, -0.1) is 0 Å². The van der Waals surface area contributed by atoms with E-state index in [1.807, 2.05) is 18.2 Å². The molecule has 3 heteroatoms. The van der Waals surface area contributed by atoms with E-state index < -0.39 is 0 Å². The summed E-state index contributed by atoms with van der Waals surface area (Å²) in [5.41, 5.74) is 5.48. The Balaban J connectivity index is 1.78. The van der Waals surface area contributed by atoms with Gasteiger partial charge in [0.1, 0.15) is 11.4 Å². The van der Waals surface area contributed by atoms with Gasteiger partial charge in [-0.05, 0) is 57.4 Å². The fraction of sp³-hybridized carbons (Fsp3) is 0.409. The minimum absolute atomic E-state index is 0.0160. The summed E-state index contributed by atoms with van der Waals surface area (Å²) in [4.78, 5) is 12.6. The number of hydrogen-bond donors (Lipinski definition) is 1. The number of carbonyl (C=O) groups is 1. The summed E-state index contributed by atoms with van der Waals surface area (Å²) in [7, 11) is 0. The zero-order chi connectivity index (χ0) is 18.2. The summed E-state index contributed by atoms with van der Waals surface area (Å²) in [6, 6.07) is 12.4. The van der Waals surface area contributed by atoms with Crippen molar-refractivity contribution in [2.45, 2.75) is 59.1 Å². The second-order valence-electron chi connectivity index (χ2n) is 7.82. The number of ether oxygens (including phenoxy) is 1. The van der Waals surface area contributed by atoms with Gasteiger partial charge in [0, 0.05) is 12.0 Å². The van der Waals surface area contributed by atoms with Gasteiger partial charge in [-0.2, -0.15) is 0 Å². The van der Waals surface area contributed by atoms with Crippen molar-refractivity contribution in [2.24, 2.45) is 0 Å². The van der Waals surface area contributed by atoms with Crippen LogP contribution in [0.3, 0.4) is 0 Å². The highest BCUT2D eigenvalue weighted by atomic mass is 16.5. The molecule has 3 rings (SSSR count). The van der Waals surface area contributed by atoms with E-state index in [9.17, 15) is 4.79 Å². The molecule has 0 aliphatic carbocycles. The van der Waals surface area contributed by atoms with Crippen LogP contribution in [0.15, 0.2) is 36.4 Å². The van der Waals surface area contributed by atoms with Crippen LogP contribution in [0.25, 0.3) is 0 Å². The molecule has 0 saturated heterocycles. The van der Waals surface area contributed by atoms with E-state index in [0.717, 1.165) is 23.3 Å². The average molecular weight is 337 g/mol. The van der Waals surface area contributed by atoms with Crippen molar-refractivity contribution in [1.29, 1.82) is 0 Å². The van der Waals surface area contributed by atoms with Crippen molar-refractivity contribution in [3.63, 3.8) is 0 Å². The number of rotatable bonds is 3. The second-order valence-corrected chi connectivity index (χ2v) is 7.82. The Morgan fingerprint density at radius 3 is 2.60 bits per heavy atom. The number of nitrogens with one attached hydrogen (secondary N) is 1. The summed E-state index contributed by atoms with van der Waals surface area (Å²) in [6.45, 7) is 10.4. The Hall–Kier alpha value is -2.29. The average Bonchev–Trinajstić information content (AvgIpc) is 2.51. The molecule has 0 radical (unpaired) electrons. The maximum absolute atomic E-state index is 12.6. The quantitative estimate of drug-likeness (QED) is 0.891. The molecule has 1 aliphatic rings. The first-order valence-electron chi connectivity index (χ1n) is 8.88. The van der Waals surface area contributed by atoms with Gasteiger partial charge >= 0.3 is 0 Å². The Morgan fingerprint density at radius 2 is 1.88 bits per heavy atom. The molecule has 2 aromatic carbocycles. The van der Waals surface area contributed by atoms with Crippen LogP contribution in [0.5, 0.6) is 5.75 Å². The van der Waals surface area contributed by atoms with Crippen molar-refractivity contribution in [1.82, 2.24) is 5.32 Å². The van der Waals surface area contributed by atoms with Crippen molar-refractivity contribution >= 4 is 5.91 Å². The molecule has 3 nitrogen and oxygen atoms in total. The number of benzene rings is 2. The molecular formula is C22H27NO2. The zero-order valence-corrected chi connectivity index (χ0v) is 15.8. The highest BCUT2D eigenvalue weighted by Crippen LogP contribution is 2.39. The first-order valence-corrected chi connectivity index (χ1v) is 8.88. The lowest BCUT2D eigenvalue weighted by Gasteiger charge is -2.38. The van der Waals surface area contributed by atoms with Gasteiger partial charge in [0.25, 0.3) is 0 Å². The van der Waals surface area contributed by atoms with Crippen molar-refractivity contribution < 1.29 is 9.53 Å². The topological polar surface area (TPSA) is 38.3 Å². The fourth-order valence-electron chi connectivity index (χ4n) is 3.45. The van der Waals surface area contributed by atoms with E-state index in [4.69, 9.17) is 4.74 Å². The van der Waals surface area contributed by atoms with Gasteiger partial charge in [0.2, 0.25) is 5.91 Å². The first-order chi connectivity index (χ1) is 11.7. The number of amides is 1. The summed E-state index contributed by atoms with van der Waals surface area (Å²) in [5, 5.41) is 3.22. The van der Waals surface area contributed by atoms with Crippen LogP contribution in [0.4, 0.5) is 0 Å².